The van der Waals surface area contributed by atoms with E-state index in [1.165, 1.54) is 12.1 Å². The van der Waals surface area contributed by atoms with Crippen LogP contribution in [0.3, 0.4) is 0 Å². The fourth-order valence-electron chi connectivity index (χ4n) is 2.18. The van der Waals surface area contributed by atoms with E-state index >= 15 is 0 Å². The number of fused-ring (bicyclic) bond motifs is 1. The third-order valence-electron chi connectivity index (χ3n) is 3.07. The first kappa shape index (κ1) is 13.9. The Labute approximate surface area is 115 Å². The van der Waals surface area contributed by atoms with Gasteiger partial charge in [-0.2, -0.15) is 0 Å². The van der Waals surface area contributed by atoms with Crippen molar-refractivity contribution in [1.82, 2.24) is 0 Å². The summed E-state index contributed by atoms with van der Waals surface area (Å²) >= 11 is 0. The van der Waals surface area contributed by atoms with Gasteiger partial charge in [0.1, 0.15) is 0 Å². The van der Waals surface area contributed by atoms with E-state index in [1.807, 2.05) is 6.92 Å². The van der Waals surface area contributed by atoms with Crippen molar-refractivity contribution in [3.05, 3.63) is 41.5 Å². The summed E-state index contributed by atoms with van der Waals surface area (Å²) in [6, 6.07) is 7.88. The summed E-state index contributed by atoms with van der Waals surface area (Å²) < 4.78 is 0. The maximum absolute atomic E-state index is 11.3. The van der Waals surface area contributed by atoms with Crippen LogP contribution in [0.15, 0.2) is 30.3 Å². The molecule has 104 valence electrons. The second-order valence-corrected chi connectivity index (χ2v) is 4.43. The van der Waals surface area contributed by atoms with Crippen molar-refractivity contribution in [3.63, 3.8) is 0 Å². The zero-order chi connectivity index (χ0) is 14.7. The first-order valence-electron chi connectivity index (χ1n) is 6.32. The molecule has 0 amide bonds. The van der Waals surface area contributed by atoms with Crippen molar-refractivity contribution in [2.45, 2.75) is 13.3 Å². The molecule has 0 aromatic heterocycles. The second kappa shape index (κ2) is 5.61. The summed E-state index contributed by atoms with van der Waals surface area (Å²) in [7, 11) is 0. The maximum Gasteiger partial charge on any atom is 0.336 e. The number of carbonyl (C=O) groups is 2. The van der Waals surface area contributed by atoms with Crippen LogP contribution in [0.2, 0.25) is 0 Å². The van der Waals surface area contributed by atoms with Crippen molar-refractivity contribution < 1.29 is 19.8 Å². The molecule has 5 heteroatoms. The fourth-order valence-corrected chi connectivity index (χ4v) is 2.18. The third kappa shape index (κ3) is 2.42. The maximum atomic E-state index is 11.3. The lowest BCUT2D eigenvalue weighted by atomic mass is 9.97. The number of hydrogen-bond donors (Lipinski definition) is 3. The number of rotatable bonds is 5. The smallest absolute Gasteiger partial charge is 0.336 e. The molecule has 0 heterocycles. The molecule has 2 aromatic rings. The minimum Gasteiger partial charge on any atom is -0.478 e. The molecule has 0 atom stereocenters. The number of benzene rings is 2. The molecule has 0 fully saturated rings. The topological polar surface area (TPSA) is 86.6 Å². The van der Waals surface area contributed by atoms with Gasteiger partial charge in [0.05, 0.1) is 11.1 Å². The van der Waals surface area contributed by atoms with Crippen LogP contribution in [0, 0.1) is 0 Å². The molecule has 0 saturated heterocycles. The third-order valence-corrected chi connectivity index (χ3v) is 3.07. The number of hydrogen-bond acceptors (Lipinski definition) is 3. The highest BCUT2D eigenvalue weighted by atomic mass is 16.4. The first-order valence-corrected chi connectivity index (χ1v) is 6.32. The second-order valence-electron chi connectivity index (χ2n) is 4.43. The summed E-state index contributed by atoms with van der Waals surface area (Å²) in [6.45, 7) is 2.75. The van der Waals surface area contributed by atoms with Gasteiger partial charge in [0.25, 0.3) is 0 Å². The van der Waals surface area contributed by atoms with Crippen molar-refractivity contribution in [3.8, 4) is 0 Å². The van der Waals surface area contributed by atoms with Gasteiger partial charge in [0.2, 0.25) is 0 Å². The van der Waals surface area contributed by atoms with E-state index in [1.54, 1.807) is 18.2 Å². The van der Waals surface area contributed by atoms with E-state index < -0.39 is 11.9 Å². The Bertz CT molecular complexity index is 659. The molecular weight excluding hydrogens is 258 g/mol. The zero-order valence-corrected chi connectivity index (χ0v) is 11.0. The summed E-state index contributed by atoms with van der Waals surface area (Å²) in [5, 5.41) is 22.5. The predicted molar refractivity (Wildman–Crippen MR) is 76.6 cm³/mol. The molecule has 3 N–H and O–H groups in total. The summed E-state index contributed by atoms with van der Waals surface area (Å²) in [5.41, 5.74) is 0.745. The Morgan fingerprint density at radius 2 is 1.70 bits per heavy atom. The SMILES string of the molecule is CCCNc1ccc(C(=O)O)c2c(C(=O)O)cccc12. The molecule has 20 heavy (non-hydrogen) atoms. The van der Waals surface area contributed by atoms with Crippen LogP contribution in [-0.2, 0) is 0 Å². The number of nitrogens with one attached hydrogen (secondary N) is 1. The standard InChI is InChI=1S/C15H15NO4/c1-2-8-16-12-7-6-11(15(19)20)13-9(12)4-3-5-10(13)14(17)18/h3-7,16H,2,8H2,1H3,(H,17,18)(H,19,20). The molecule has 0 aliphatic heterocycles. The molecule has 2 aromatic carbocycles. The summed E-state index contributed by atoms with van der Waals surface area (Å²) in [6.07, 6.45) is 0.917. The molecule has 0 radical (unpaired) electrons. The van der Waals surface area contributed by atoms with E-state index in [4.69, 9.17) is 0 Å². The Morgan fingerprint density at radius 1 is 1.05 bits per heavy atom. The monoisotopic (exact) mass is 273 g/mol. The van der Waals surface area contributed by atoms with Crippen molar-refractivity contribution >= 4 is 28.4 Å². The van der Waals surface area contributed by atoms with Gasteiger partial charge in [-0.15, -0.1) is 0 Å². The van der Waals surface area contributed by atoms with Gasteiger partial charge in [-0.3, -0.25) is 0 Å². The highest BCUT2D eigenvalue weighted by molar-refractivity contribution is 6.15. The van der Waals surface area contributed by atoms with E-state index in [0.29, 0.717) is 5.39 Å². The molecule has 0 aliphatic carbocycles. The highest BCUT2D eigenvalue weighted by Crippen LogP contribution is 2.30. The Morgan fingerprint density at radius 3 is 2.30 bits per heavy atom. The summed E-state index contributed by atoms with van der Waals surface area (Å²) in [5.74, 6) is -2.27. The molecule has 5 nitrogen and oxygen atoms in total. The van der Waals surface area contributed by atoms with Crippen LogP contribution >= 0.6 is 0 Å². The highest BCUT2D eigenvalue weighted by Gasteiger charge is 2.17. The molecule has 0 spiro atoms. The van der Waals surface area contributed by atoms with Crippen molar-refractivity contribution in [2.75, 3.05) is 11.9 Å². The van der Waals surface area contributed by atoms with Gasteiger partial charge in [-0.25, -0.2) is 9.59 Å². The number of carboxylic acids is 2. The molecule has 0 saturated carbocycles. The van der Waals surface area contributed by atoms with E-state index in [0.717, 1.165) is 18.7 Å². The lowest BCUT2D eigenvalue weighted by Crippen LogP contribution is -2.07. The van der Waals surface area contributed by atoms with Crippen LogP contribution in [0.25, 0.3) is 10.8 Å². The average Bonchev–Trinajstić information content (AvgIpc) is 2.43. The van der Waals surface area contributed by atoms with E-state index in [-0.39, 0.29) is 16.5 Å². The van der Waals surface area contributed by atoms with Crippen LogP contribution in [-0.4, -0.2) is 28.7 Å². The minimum absolute atomic E-state index is 0.0000449. The summed E-state index contributed by atoms with van der Waals surface area (Å²) in [4.78, 5) is 22.6. The van der Waals surface area contributed by atoms with Crippen LogP contribution in [0.4, 0.5) is 5.69 Å². The molecule has 2 rings (SSSR count). The molecule has 0 aliphatic rings. The number of carboxylic acid groups (broad SMARTS) is 2. The van der Waals surface area contributed by atoms with Gasteiger partial charge in [-0.05, 0) is 24.6 Å². The van der Waals surface area contributed by atoms with Gasteiger partial charge < -0.3 is 15.5 Å². The lowest BCUT2D eigenvalue weighted by Gasteiger charge is -2.12. The Hall–Kier alpha value is -2.56. The Balaban J connectivity index is 2.77. The first-order chi connectivity index (χ1) is 9.56. The number of anilines is 1. The molecule has 0 bridgehead atoms. The van der Waals surface area contributed by atoms with Gasteiger partial charge >= 0.3 is 11.9 Å². The molecule has 0 unspecified atom stereocenters. The van der Waals surface area contributed by atoms with Gasteiger partial charge in [0.15, 0.2) is 0 Å². The van der Waals surface area contributed by atoms with Gasteiger partial charge in [-0.1, -0.05) is 19.1 Å². The lowest BCUT2D eigenvalue weighted by molar-refractivity contribution is 0.0695. The minimum atomic E-state index is -1.13. The van der Waals surface area contributed by atoms with E-state index in [2.05, 4.69) is 5.32 Å². The van der Waals surface area contributed by atoms with E-state index in [9.17, 15) is 19.8 Å². The van der Waals surface area contributed by atoms with Crippen molar-refractivity contribution in [2.24, 2.45) is 0 Å². The normalized spacial score (nSPS) is 10.4. The number of aromatic carboxylic acids is 2. The average molecular weight is 273 g/mol. The van der Waals surface area contributed by atoms with Crippen LogP contribution < -0.4 is 5.32 Å². The largest absolute Gasteiger partial charge is 0.478 e. The zero-order valence-electron chi connectivity index (χ0n) is 11.0. The van der Waals surface area contributed by atoms with Crippen LogP contribution in [0.1, 0.15) is 34.1 Å². The predicted octanol–water partition coefficient (Wildman–Crippen LogP) is 3.06. The quantitative estimate of drug-likeness (QED) is 0.779. The Kier molecular flexibility index (Phi) is 3.89. The fraction of sp³-hybridized carbons (Fsp3) is 0.200. The molecular formula is C15H15NO4. The van der Waals surface area contributed by atoms with Crippen LogP contribution in [0.5, 0.6) is 0 Å². The van der Waals surface area contributed by atoms with Gasteiger partial charge in [0, 0.05) is 23.0 Å². The van der Waals surface area contributed by atoms with Crippen molar-refractivity contribution in [1.29, 1.82) is 0 Å².